The van der Waals surface area contributed by atoms with Crippen molar-refractivity contribution in [3.63, 3.8) is 0 Å². The van der Waals surface area contributed by atoms with Gasteiger partial charge >= 0.3 is 0 Å². The van der Waals surface area contributed by atoms with Crippen molar-refractivity contribution < 1.29 is 22.6 Å². The molecule has 0 bridgehead atoms. The fourth-order valence-electron chi connectivity index (χ4n) is 1.07. The highest BCUT2D eigenvalue weighted by Crippen LogP contribution is 2.02. The normalized spacial score (nSPS) is 12.3. The molecule has 0 saturated heterocycles. The number of carbonyl (C=O) groups excluding carboxylic acids is 2. The minimum absolute atomic E-state index is 0.0319. The summed E-state index contributed by atoms with van der Waals surface area (Å²) in [6.45, 7) is 6.22. The van der Waals surface area contributed by atoms with Crippen LogP contribution in [0.15, 0.2) is 25.3 Å². The average Bonchev–Trinajstić information content (AvgIpc) is 2.30. The van der Waals surface area contributed by atoms with E-state index in [0.717, 1.165) is 12.2 Å². The van der Waals surface area contributed by atoms with Crippen molar-refractivity contribution >= 4 is 21.9 Å². The zero-order valence-electron chi connectivity index (χ0n) is 9.76. The quantitative estimate of drug-likeness (QED) is 0.398. The summed E-state index contributed by atoms with van der Waals surface area (Å²) in [6, 6.07) is 0. The molecule has 0 aromatic carbocycles. The highest BCUT2D eigenvalue weighted by molar-refractivity contribution is 7.86. The van der Waals surface area contributed by atoms with Crippen molar-refractivity contribution in [2.45, 2.75) is 11.7 Å². The third-order valence-electron chi connectivity index (χ3n) is 2.06. The van der Waals surface area contributed by atoms with Crippen LogP contribution in [-0.4, -0.2) is 43.1 Å². The van der Waals surface area contributed by atoms with E-state index in [1.807, 2.05) is 0 Å². The van der Waals surface area contributed by atoms with Crippen LogP contribution in [0.25, 0.3) is 0 Å². The van der Waals surface area contributed by atoms with Crippen molar-refractivity contribution in [3.05, 3.63) is 25.3 Å². The lowest BCUT2D eigenvalue weighted by atomic mass is 10.3. The van der Waals surface area contributed by atoms with Crippen LogP contribution in [0.2, 0.25) is 0 Å². The second-order valence-electron chi connectivity index (χ2n) is 3.37. The second-order valence-corrected chi connectivity index (χ2v) is 5.07. The molecule has 0 saturated carbocycles. The maximum atomic E-state index is 11.0. The van der Waals surface area contributed by atoms with Gasteiger partial charge in [-0.25, -0.2) is 0 Å². The van der Waals surface area contributed by atoms with Crippen LogP contribution >= 0.6 is 0 Å². The molecule has 0 spiro atoms. The van der Waals surface area contributed by atoms with Crippen LogP contribution in [0.4, 0.5) is 0 Å². The van der Waals surface area contributed by atoms with E-state index in [1.54, 1.807) is 0 Å². The smallest absolute Gasteiger partial charge is 0.269 e. The summed E-state index contributed by atoms with van der Waals surface area (Å²) < 4.78 is 31.0. The predicted molar refractivity (Wildman–Crippen MR) is 66.4 cm³/mol. The maximum Gasteiger partial charge on any atom is 0.269 e. The summed E-state index contributed by atoms with van der Waals surface area (Å²) in [6.07, 6.45) is 2.00. The first-order valence-corrected chi connectivity index (χ1v) is 6.58. The first-order chi connectivity index (χ1) is 8.31. The molecule has 0 aromatic rings. The molecule has 2 amide bonds. The van der Waals surface area contributed by atoms with Gasteiger partial charge in [0.15, 0.2) is 0 Å². The lowest BCUT2D eigenvalue weighted by molar-refractivity contribution is -0.117. The molecule has 1 unspecified atom stereocenters. The second kappa shape index (κ2) is 7.62. The van der Waals surface area contributed by atoms with Gasteiger partial charge in [-0.3, -0.25) is 14.1 Å². The SMILES string of the molecule is C=CC(=O)NCCC(CNC(=O)C=C)S(=O)(=O)O. The summed E-state index contributed by atoms with van der Waals surface area (Å²) in [7, 11) is -4.30. The predicted octanol–water partition coefficient (Wildman–Crippen LogP) is -0.763. The number of nitrogens with one attached hydrogen (secondary N) is 2. The summed E-state index contributed by atoms with van der Waals surface area (Å²) in [5.74, 6) is -0.988. The van der Waals surface area contributed by atoms with E-state index in [2.05, 4.69) is 23.8 Å². The van der Waals surface area contributed by atoms with Gasteiger partial charge in [-0.05, 0) is 18.6 Å². The van der Waals surface area contributed by atoms with Gasteiger partial charge in [0.25, 0.3) is 10.1 Å². The summed E-state index contributed by atoms with van der Waals surface area (Å²) in [5, 5.41) is 3.44. The van der Waals surface area contributed by atoms with Crippen LogP contribution < -0.4 is 10.6 Å². The van der Waals surface area contributed by atoms with Crippen molar-refractivity contribution in [2.75, 3.05) is 13.1 Å². The molecule has 0 aliphatic heterocycles. The third kappa shape index (κ3) is 6.81. The molecular formula is C10H16N2O5S. The molecule has 8 heteroatoms. The van der Waals surface area contributed by atoms with Gasteiger partial charge in [0, 0.05) is 13.1 Å². The zero-order valence-corrected chi connectivity index (χ0v) is 10.6. The minimum atomic E-state index is -4.30. The Labute approximate surface area is 106 Å². The lowest BCUT2D eigenvalue weighted by Gasteiger charge is -2.14. The van der Waals surface area contributed by atoms with E-state index in [9.17, 15) is 18.0 Å². The van der Waals surface area contributed by atoms with Gasteiger partial charge in [0.2, 0.25) is 11.8 Å². The highest BCUT2D eigenvalue weighted by atomic mass is 32.2. The minimum Gasteiger partial charge on any atom is -0.353 e. The Hall–Kier alpha value is -1.67. The molecule has 1 atom stereocenters. The van der Waals surface area contributed by atoms with E-state index < -0.39 is 27.2 Å². The first kappa shape index (κ1) is 16.3. The Balaban J connectivity index is 4.34. The van der Waals surface area contributed by atoms with Crippen LogP contribution in [0.5, 0.6) is 0 Å². The van der Waals surface area contributed by atoms with Gasteiger partial charge in [-0.1, -0.05) is 13.2 Å². The number of rotatable bonds is 8. The van der Waals surface area contributed by atoms with Crippen molar-refractivity contribution in [2.24, 2.45) is 0 Å². The molecule has 0 aromatic heterocycles. The largest absolute Gasteiger partial charge is 0.353 e. The highest BCUT2D eigenvalue weighted by Gasteiger charge is 2.23. The Bertz CT molecular complexity index is 430. The molecule has 0 aliphatic carbocycles. The topological polar surface area (TPSA) is 113 Å². The molecule has 0 rings (SSSR count). The van der Waals surface area contributed by atoms with E-state index in [4.69, 9.17) is 4.55 Å². The Morgan fingerprint density at radius 3 is 2.11 bits per heavy atom. The van der Waals surface area contributed by atoms with Crippen molar-refractivity contribution in [1.82, 2.24) is 10.6 Å². The van der Waals surface area contributed by atoms with Crippen LogP contribution in [0, 0.1) is 0 Å². The van der Waals surface area contributed by atoms with Crippen LogP contribution in [0.3, 0.4) is 0 Å². The molecule has 0 radical (unpaired) electrons. The summed E-state index contributed by atoms with van der Waals surface area (Å²) in [4.78, 5) is 21.7. The lowest BCUT2D eigenvalue weighted by Crippen LogP contribution is -2.38. The third-order valence-corrected chi connectivity index (χ3v) is 3.31. The Morgan fingerprint density at radius 1 is 1.17 bits per heavy atom. The van der Waals surface area contributed by atoms with Crippen molar-refractivity contribution in [3.8, 4) is 0 Å². The molecule has 3 N–H and O–H groups in total. The Kier molecular flexibility index (Phi) is 6.91. The Morgan fingerprint density at radius 2 is 1.67 bits per heavy atom. The molecule has 102 valence electrons. The monoisotopic (exact) mass is 276 g/mol. The van der Waals surface area contributed by atoms with Crippen LogP contribution in [-0.2, 0) is 19.7 Å². The van der Waals surface area contributed by atoms with E-state index >= 15 is 0 Å². The molecule has 7 nitrogen and oxygen atoms in total. The van der Waals surface area contributed by atoms with Crippen molar-refractivity contribution in [1.29, 1.82) is 0 Å². The molecule has 0 heterocycles. The molecule has 18 heavy (non-hydrogen) atoms. The number of carbonyl (C=O) groups is 2. The molecule has 0 fully saturated rings. The summed E-state index contributed by atoms with van der Waals surface area (Å²) >= 11 is 0. The number of hydrogen-bond acceptors (Lipinski definition) is 4. The van der Waals surface area contributed by atoms with Gasteiger partial charge in [-0.15, -0.1) is 0 Å². The zero-order chi connectivity index (χ0) is 14.2. The maximum absolute atomic E-state index is 11.0. The van der Waals surface area contributed by atoms with Gasteiger partial charge in [0.1, 0.15) is 5.25 Å². The van der Waals surface area contributed by atoms with Gasteiger partial charge in [-0.2, -0.15) is 8.42 Å². The van der Waals surface area contributed by atoms with E-state index in [0.29, 0.717) is 0 Å². The number of hydrogen-bond donors (Lipinski definition) is 3. The number of amides is 2. The van der Waals surface area contributed by atoms with Gasteiger partial charge in [0.05, 0.1) is 0 Å². The molecule has 0 aliphatic rings. The standard InChI is InChI=1S/C10H16N2O5S/c1-3-9(13)11-6-5-8(18(15,16)17)7-12-10(14)4-2/h3-4,8H,1-2,5-7H2,(H,11,13)(H,12,14)(H,15,16,17). The molecular weight excluding hydrogens is 260 g/mol. The fraction of sp³-hybridized carbons (Fsp3) is 0.400. The van der Waals surface area contributed by atoms with E-state index in [-0.39, 0.29) is 19.5 Å². The average molecular weight is 276 g/mol. The first-order valence-electron chi connectivity index (χ1n) is 5.08. The van der Waals surface area contributed by atoms with Gasteiger partial charge < -0.3 is 10.6 Å². The van der Waals surface area contributed by atoms with E-state index in [1.165, 1.54) is 0 Å². The summed E-state index contributed by atoms with van der Waals surface area (Å²) in [5.41, 5.74) is 0. The fourth-order valence-corrected chi connectivity index (χ4v) is 1.78. The van der Waals surface area contributed by atoms with Crippen LogP contribution in [0.1, 0.15) is 6.42 Å².